The van der Waals surface area contributed by atoms with Crippen LogP contribution in [0, 0.1) is 12.7 Å². The van der Waals surface area contributed by atoms with Gasteiger partial charge in [-0.25, -0.2) is 31.6 Å². The van der Waals surface area contributed by atoms with Gasteiger partial charge in [-0.2, -0.15) is 0 Å². The van der Waals surface area contributed by atoms with E-state index in [1.54, 1.807) is 20.8 Å². The van der Waals surface area contributed by atoms with Crippen LogP contribution in [0.3, 0.4) is 0 Å². The molecule has 0 aromatic heterocycles. The molecule has 0 aliphatic heterocycles. The number of alkyl halides is 2. The van der Waals surface area contributed by atoms with Gasteiger partial charge in [-0.05, 0) is 56.5 Å². The van der Waals surface area contributed by atoms with Crippen LogP contribution in [-0.2, 0) is 22.3 Å². The fourth-order valence-electron chi connectivity index (χ4n) is 2.61. The van der Waals surface area contributed by atoms with Crippen LogP contribution in [0.15, 0.2) is 12.1 Å². The lowest BCUT2D eigenvalue weighted by molar-refractivity contribution is -0.0186. The van der Waals surface area contributed by atoms with Crippen molar-refractivity contribution in [3.63, 3.8) is 0 Å². The number of rotatable bonds is 3. The molecule has 0 spiro atoms. The smallest absolute Gasteiger partial charge is 0.420 e. The Kier molecular flexibility index (Phi) is 4.96. The molecule has 2 rings (SSSR count). The summed E-state index contributed by atoms with van der Waals surface area (Å²) < 4.78 is 62.8. The maximum absolute atomic E-state index is 14.2. The lowest BCUT2D eigenvalue weighted by atomic mass is 10.0. The molecule has 1 amide bonds. The van der Waals surface area contributed by atoms with Crippen LogP contribution in [0.4, 0.5) is 18.0 Å². The second kappa shape index (κ2) is 6.36. The highest BCUT2D eigenvalue weighted by Crippen LogP contribution is 2.45. The predicted molar refractivity (Wildman–Crippen MR) is 83.2 cm³/mol. The molecule has 2 atom stereocenters. The van der Waals surface area contributed by atoms with Crippen molar-refractivity contribution in [2.45, 2.75) is 51.7 Å². The first-order valence-electron chi connectivity index (χ1n) is 7.23. The number of fused-ring (bicyclic) bond motifs is 1. The normalized spacial score (nSPS) is 20.4. The third-order valence-electron chi connectivity index (χ3n) is 3.37. The van der Waals surface area contributed by atoms with Gasteiger partial charge in [-0.3, -0.25) is 0 Å². The molecule has 2 N–H and O–H groups in total. The Hall–Kier alpha value is -1.61. The molecule has 0 saturated carbocycles. The summed E-state index contributed by atoms with van der Waals surface area (Å²) in [7, 11) is 0. The van der Waals surface area contributed by atoms with E-state index in [2.05, 4.69) is 4.72 Å². The molecule has 24 heavy (non-hydrogen) atoms. The van der Waals surface area contributed by atoms with E-state index < -0.39 is 47.1 Å². The zero-order valence-corrected chi connectivity index (χ0v) is 14.5. The minimum atomic E-state index is -3.26. The van der Waals surface area contributed by atoms with Gasteiger partial charge in [0.15, 0.2) is 11.2 Å². The summed E-state index contributed by atoms with van der Waals surface area (Å²) in [6.07, 6.45) is -1.66. The van der Waals surface area contributed by atoms with Crippen molar-refractivity contribution >= 4 is 17.3 Å². The molecular formula is C15H19F3N2O3S. The Labute approximate surface area is 140 Å². The minimum Gasteiger partial charge on any atom is -0.443 e. The number of ether oxygens (including phenoxy) is 1. The molecule has 1 aromatic carbocycles. The molecule has 1 aromatic rings. The van der Waals surface area contributed by atoms with Crippen molar-refractivity contribution in [1.29, 1.82) is 0 Å². The highest BCUT2D eigenvalue weighted by molar-refractivity contribution is 7.81. The van der Waals surface area contributed by atoms with E-state index in [1.165, 1.54) is 6.92 Å². The quantitative estimate of drug-likeness (QED) is 0.866. The molecular weight excluding hydrogens is 345 g/mol. The molecule has 0 radical (unpaired) electrons. The van der Waals surface area contributed by atoms with Crippen LogP contribution in [0.2, 0.25) is 0 Å². The van der Waals surface area contributed by atoms with Crippen LogP contribution >= 0.6 is 0 Å². The number of amides is 1. The SMILES string of the molecule is Cc1cc(F)cc2c1C(NS(=O)NC(=O)OC(C)(C)C)C(F)(F)C2. The van der Waals surface area contributed by atoms with Crippen LogP contribution in [0.1, 0.15) is 43.5 Å². The summed E-state index contributed by atoms with van der Waals surface area (Å²) in [6.45, 7) is 6.34. The van der Waals surface area contributed by atoms with Crippen LogP contribution < -0.4 is 9.44 Å². The zero-order valence-electron chi connectivity index (χ0n) is 13.7. The molecule has 2 unspecified atom stereocenters. The van der Waals surface area contributed by atoms with Gasteiger partial charge in [0, 0.05) is 6.42 Å². The molecule has 5 nitrogen and oxygen atoms in total. The maximum Gasteiger partial charge on any atom is 0.420 e. The first-order chi connectivity index (χ1) is 10.9. The largest absolute Gasteiger partial charge is 0.443 e. The topological polar surface area (TPSA) is 67.4 Å². The number of nitrogens with one attached hydrogen (secondary N) is 2. The summed E-state index contributed by atoms with van der Waals surface area (Å²) in [6, 6.07) is 0.588. The van der Waals surface area contributed by atoms with Crippen LogP contribution in [0.5, 0.6) is 0 Å². The maximum atomic E-state index is 14.2. The summed E-state index contributed by atoms with van der Waals surface area (Å²) >= 11 is -2.29. The first kappa shape index (κ1) is 18.7. The average Bonchev–Trinajstić information content (AvgIpc) is 2.56. The second-order valence-electron chi connectivity index (χ2n) is 6.66. The average molecular weight is 364 g/mol. The van der Waals surface area contributed by atoms with E-state index >= 15 is 0 Å². The van der Waals surface area contributed by atoms with Gasteiger partial charge in [-0.1, -0.05) is 0 Å². The fraction of sp³-hybridized carbons (Fsp3) is 0.533. The van der Waals surface area contributed by atoms with Crippen molar-refractivity contribution in [3.8, 4) is 0 Å². The van der Waals surface area contributed by atoms with Gasteiger partial charge in [-0.15, -0.1) is 0 Å². The van der Waals surface area contributed by atoms with Crippen molar-refractivity contribution in [3.05, 3.63) is 34.6 Å². The zero-order chi connectivity index (χ0) is 18.3. The van der Waals surface area contributed by atoms with Crippen LogP contribution in [0.25, 0.3) is 0 Å². The number of carbonyl (C=O) groups excluding carboxylic acids is 1. The van der Waals surface area contributed by atoms with Crippen molar-refractivity contribution in [2.24, 2.45) is 0 Å². The third kappa shape index (κ3) is 4.27. The summed E-state index contributed by atoms with van der Waals surface area (Å²) in [5.41, 5.74) is -0.134. The Bertz CT molecular complexity index is 689. The highest BCUT2D eigenvalue weighted by Gasteiger charge is 2.49. The van der Waals surface area contributed by atoms with Gasteiger partial charge < -0.3 is 4.74 Å². The van der Waals surface area contributed by atoms with Gasteiger partial charge in [0.25, 0.3) is 5.92 Å². The van der Waals surface area contributed by atoms with E-state index in [0.717, 1.165) is 12.1 Å². The number of halogens is 3. The minimum absolute atomic E-state index is 0.157. The van der Waals surface area contributed by atoms with E-state index in [-0.39, 0.29) is 11.1 Å². The molecule has 0 bridgehead atoms. The first-order valence-corrected chi connectivity index (χ1v) is 8.38. The summed E-state index contributed by atoms with van der Waals surface area (Å²) in [4.78, 5) is 11.6. The van der Waals surface area contributed by atoms with Crippen molar-refractivity contribution in [1.82, 2.24) is 9.44 Å². The number of hydrogen-bond donors (Lipinski definition) is 2. The molecule has 134 valence electrons. The van der Waals surface area contributed by atoms with E-state index in [0.29, 0.717) is 5.56 Å². The third-order valence-corrected chi connectivity index (χ3v) is 4.18. The number of aryl methyl sites for hydroxylation is 1. The fourth-order valence-corrected chi connectivity index (χ4v) is 3.36. The van der Waals surface area contributed by atoms with Gasteiger partial charge >= 0.3 is 6.09 Å². The van der Waals surface area contributed by atoms with Gasteiger partial charge in [0.1, 0.15) is 17.5 Å². The standard InChI is InChI=1S/C15H19F3N2O3S/c1-8-5-10(16)6-9-7-15(17,18)12(11(8)9)19-24(22)20-13(21)23-14(2,3)4/h5-6,12,19H,7H2,1-4H3,(H,20,21). The molecule has 0 fully saturated rings. The lowest BCUT2D eigenvalue weighted by Gasteiger charge is -2.23. The molecule has 9 heteroatoms. The Morgan fingerprint density at radius 1 is 1.38 bits per heavy atom. The lowest BCUT2D eigenvalue weighted by Crippen LogP contribution is -2.43. The van der Waals surface area contributed by atoms with Crippen LogP contribution in [-0.4, -0.2) is 21.8 Å². The second-order valence-corrected chi connectivity index (χ2v) is 7.63. The number of hydrogen-bond acceptors (Lipinski definition) is 3. The number of benzene rings is 1. The van der Waals surface area contributed by atoms with E-state index in [4.69, 9.17) is 4.74 Å². The van der Waals surface area contributed by atoms with E-state index in [1.807, 2.05) is 4.72 Å². The Morgan fingerprint density at radius 3 is 2.58 bits per heavy atom. The predicted octanol–water partition coefficient (Wildman–Crippen LogP) is 3.06. The Morgan fingerprint density at radius 2 is 2.00 bits per heavy atom. The monoisotopic (exact) mass is 364 g/mol. The van der Waals surface area contributed by atoms with Crippen molar-refractivity contribution < 1.29 is 26.9 Å². The van der Waals surface area contributed by atoms with Gasteiger partial charge in [0.2, 0.25) is 0 Å². The molecule has 0 heterocycles. The molecule has 0 saturated heterocycles. The van der Waals surface area contributed by atoms with E-state index in [9.17, 15) is 22.2 Å². The Balaban J connectivity index is 2.15. The number of carbonyl (C=O) groups is 1. The van der Waals surface area contributed by atoms with Gasteiger partial charge in [0.05, 0.1) is 0 Å². The van der Waals surface area contributed by atoms with Crippen molar-refractivity contribution in [2.75, 3.05) is 0 Å². The summed E-state index contributed by atoms with van der Waals surface area (Å²) in [5, 5.41) is 0. The molecule has 1 aliphatic rings. The molecule has 1 aliphatic carbocycles. The summed E-state index contributed by atoms with van der Waals surface area (Å²) in [5.74, 6) is -3.86. The highest BCUT2D eigenvalue weighted by atomic mass is 32.2.